The average molecular weight is 385 g/mol. The monoisotopic (exact) mass is 384 g/mol. The Morgan fingerprint density at radius 2 is 1.79 bits per heavy atom. The second kappa shape index (κ2) is 5.79. The van der Waals surface area contributed by atoms with Crippen molar-refractivity contribution >= 4 is 17.5 Å². The van der Waals surface area contributed by atoms with E-state index in [1.54, 1.807) is 6.92 Å². The van der Waals surface area contributed by atoms with Crippen LogP contribution in [0.4, 0.5) is 0 Å². The van der Waals surface area contributed by atoms with Crippen LogP contribution in [0.5, 0.6) is 0 Å². The first-order valence-electron chi connectivity index (χ1n) is 11.2. The van der Waals surface area contributed by atoms with Crippen LogP contribution in [0.25, 0.3) is 0 Å². The van der Waals surface area contributed by atoms with Gasteiger partial charge in [-0.25, -0.2) is 0 Å². The van der Waals surface area contributed by atoms with E-state index in [4.69, 9.17) is 4.74 Å². The molecule has 4 nitrogen and oxygen atoms in total. The molecule has 4 unspecified atom stereocenters. The van der Waals surface area contributed by atoms with E-state index in [0.717, 1.165) is 44.9 Å². The van der Waals surface area contributed by atoms with Gasteiger partial charge in [0.1, 0.15) is 11.4 Å². The molecule has 0 aromatic heterocycles. The van der Waals surface area contributed by atoms with E-state index in [1.165, 1.54) is 5.57 Å². The Bertz CT molecular complexity index is 796. The lowest BCUT2D eigenvalue weighted by Crippen LogP contribution is -2.57. The first-order valence-corrected chi connectivity index (χ1v) is 11.2. The van der Waals surface area contributed by atoms with Gasteiger partial charge in [-0.15, -0.1) is 0 Å². The quantitative estimate of drug-likeness (QED) is 0.628. The number of carbonyl (C=O) groups is 3. The zero-order chi connectivity index (χ0) is 19.9. The zero-order valence-corrected chi connectivity index (χ0v) is 17.4. The van der Waals surface area contributed by atoms with Crippen molar-refractivity contribution < 1.29 is 19.1 Å². The Balaban J connectivity index is 1.57. The van der Waals surface area contributed by atoms with Crippen LogP contribution < -0.4 is 0 Å². The Kier molecular flexibility index (Phi) is 3.84. The van der Waals surface area contributed by atoms with E-state index >= 15 is 0 Å². The zero-order valence-electron chi connectivity index (χ0n) is 17.4. The van der Waals surface area contributed by atoms with Gasteiger partial charge in [-0.2, -0.15) is 0 Å². The molecule has 1 saturated heterocycles. The predicted molar refractivity (Wildman–Crippen MR) is 104 cm³/mol. The van der Waals surface area contributed by atoms with Crippen molar-refractivity contribution in [3.8, 4) is 0 Å². The first kappa shape index (κ1) is 18.6. The van der Waals surface area contributed by atoms with Crippen molar-refractivity contribution in [2.24, 2.45) is 34.5 Å². The van der Waals surface area contributed by atoms with Crippen LogP contribution in [0.3, 0.4) is 0 Å². The fourth-order valence-electron chi connectivity index (χ4n) is 8.27. The maximum atomic E-state index is 12.8. The molecule has 0 aromatic rings. The summed E-state index contributed by atoms with van der Waals surface area (Å²) in [5.41, 5.74) is 0.957. The number of allylic oxidation sites excluding steroid dienone is 1. The fourth-order valence-corrected chi connectivity index (χ4v) is 8.27. The van der Waals surface area contributed by atoms with Crippen molar-refractivity contribution in [2.75, 3.05) is 0 Å². The summed E-state index contributed by atoms with van der Waals surface area (Å²) in [4.78, 5) is 36.9. The molecule has 28 heavy (non-hydrogen) atoms. The minimum absolute atomic E-state index is 0.00658. The Morgan fingerprint density at radius 3 is 2.46 bits per heavy atom. The summed E-state index contributed by atoms with van der Waals surface area (Å²) >= 11 is 0. The molecule has 4 aliphatic carbocycles. The number of hydrogen-bond donors (Lipinski definition) is 0. The molecular formula is C24H32O4. The lowest BCUT2D eigenvalue weighted by atomic mass is 9.43. The molecule has 1 spiro atoms. The van der Waals surface area contributed by atoms with E-state index in [9.17, 15) is 14.4 Å². The van der Waals surface area contributed by atoms with Crippen molar-refractivity contribution in [1.82, 2.24) is 0 Å². The van der Waals surface area contributed by atoms with Crippen LogP contribution in [-0.4, -0.2) is 23.1 Å². The molecule has 4 heteroatoms. The second-order valence-electron chi connectivity index (χ2n) is 10.7. The molecule has 5 rings (SSSR count). The highest BCUT2D eigenvalue weighted by molar-refractivity contribution is 5.92. The summed E-state index contributed by atoms with van der Waals surface area (Å²) in [6, 6.07) is 0. The van der Waals surface area contributed by atoms with Gasteiger partial charge in [0, 0.05) is 24.2 Å². The van der Waals surface area contributed by atoms with E-state index in [1.807, 2.05) is 6.08 Å². The molecule has 5 aliphatic rings. The summed E-state index contributed by atoms with van der Waals surface area (Å²) in [6.45, 7) is 6.43. The maximum absolute atomic E-state index is 12.8. The van der Waals surface area contributed by atoms with Gasteiger partial charge in [-0.3, -0.25) is 14.4 Å². The van der Waals surface area contributed by atoms with Crippen molar-refractivity contribution in [3.63, 3.8) is 0 Å². The minimum Gasteiger partial charge on any atom is -0.458 e. The smallest absolute Gasteiger partial charge is 0.306 e. The third-order valence-corrected chi connectivity index (χ3v) is 9.87. The highest BCUT2D eigenvalue weighted by Gasteiger charge is 2.68. The normalized spacial score (nSPS) is 49.9. The molecule has 0 amide bonds. The van der Waals surface area contributed by atoms with Gasteiger partial charge < -0.3 is 4.74 Å². The van der Waals surface area contributed by atoms with Crippen LogP contribution in [0, 0.1) is 34.5 Å². The molecule has 1 heterocycles. The molecule has 0 bridgehead atoms. The van der Waals surface area contributed by atoms with Crippen LogP contribution >= 0.6 is 0 Å². The van der Waals surface area contributed by atoms with E-state index in [2.05, 4.69) is 13.8 Å². The van der Waals surface area contributed by atoms with Gasteiger partial charge in [-0.1, -0.05) is 19.4 Å². The summed E-state index contributed by atoms with van der Waals surface area (Å²) in [5, 5.41) is 0. The summed E-state index contributed by atoms with van der Waals surface area (Å²) < 4.78 is 6.02. The lowest BCUT2D eigenvalue weighted by Gasteiger charge is -2.60. The van der Waals surface area contributed by atoms with Crippen LogP contribution in [-0.2, 0) is 19.1 Å². The molecule has 4 fully saturated rings. The summed E-state index contributed by atoms with van der Waals surface area (Å²) in [6.07, 6.45) is 9.71. The molecule has 0 radical (unpaired) electrons. The third-order valence-electron chi connectivity index (χ3n) is 9.87. The number of hydrogen-bond acceptors (Lipinski definition) is 4. The summed E-state index contributed by atoms with van der Waals surface area (Å²) in [7, 11) is 0. The Labute approximate surface area is 167 Å². The molecule has 1 aliphatic heterocycles. The number of ether oxygens (including phenoxy) is 1. The molecule has 152 valence electrons. The Morgan fingerprint density at radius 1 is 1.04 bits per heavy atom. The predicted octanol–water partition coefficient (Wildman–Crippen LogP) is 4.41. The van der Waals surface area contributed by atoms with E-state index < -0.39 is 0 Å². The topological polar surface area (TPSA) is 60.4 Å². The van der Waals surface area contributed by atoms with Gasteiger partial charge in [0.05, 0.1) is 0 Å². The fraction of sp³-hybridized carbons (Fsp3) is 0.792. The van der Waals surface area contributed by atoms with Crippen LogP contribution in [0.15, 0.2) is 11.6 Å². The van der Waals surface area contributed by atoms with Crippen LogP contribution in [0.1, 0.15) is 78.6 Å². The number of fused-ring (bicyclic) bond motifs is 6. The molecule has 0 N–H and O–H groups in total. The van der Waals surface area contributed by atoms with Gasteiger partial charge in [0.25, 0.3) is 0 Å². The standard InChI is InChI=1S/C24H32O4/c1-14(25)17-13-15-12-16(26)4-8-22(15,2)18-5-9-23(3)19(21(17)18)6-10-24(23)11-7-20(27)28-24/h12,17-19,21H,4-11,13H2,1-3H3/t17?,18?,19?,21?,22-,23-,24+/m0/s1. The summed E-state index contributed by atoms with van der Waals surface area (Å²) in [5.74, 6) is 1.70. The minimum atomic E-state index is -0.305. The van der Waals surface area contributed by atoms with Crippen molar-refractivity contribution in [2.45, 2.75) is 84.2 Å². The first-order chi connectivity index (χ1) is 13.2. The second-order valence-corrected chi connectivity index (χ2v) is 10.7. The SMILES string of the molecule is CC(=O)C1CC2=CC(=O)CC[C@]2(C)C2CC[C@@]3(C)C(CC[C@@]34CCC(=O)O4)C12. The largest absolute Gasteiger partial charge is 0.458 e. The average Bonchev–Trinajstić information content (AvgIpc) is 3.16. The third kappa shape index (κ3) is 2.21. The Hall–Kier alpha value is -1.45. The van der Waals surface area contributed by atoms with E-state index in [0.29, 0.717) is 30.6 Å². The number of ketones is 2. The van der Waals surface area contributed by atoms with Crippen molar-refractivity contribution in [1.29, 1.82) is 0 Å². The molecule has 3 saturated carbocycles. The van der Waals surface area contributed by atoms with Gasteiger partial charge in [-0.05, 0) is 81.1 Å². The number of carbonyl (C=O) groups excluding carboxylic acids is 3. The molecular weight excluding hydrogens is 352 g/mol. The number of Topliss-reactive ketones (excluding diaryl/α,β-unsaturated/α-hetero) is 1. The molecule has 7 atom stereocenters. The van der Waals surface area contributed by atoms with Crippen LogP contribution in [0.2, 0.25) is 0 Å². The highest BCUT2D eigenvalue weighted by atomic mass is 16.6. The molecule has 0 aromatic carbocycles. The number of rotatable bonds is 1. The highest BCUT2D eigenvalue weighted by Crippen LogP contribution is 2.70. The maximum Gasteiger partial charge on any atom is 0.306 e. The van der Waals surface area contributed by atoms with Gasteiger partial charge in [0.15, 0.2) is 5.78 Å². The van der Waals surface area contributed by atoms with Gasteiger partial charge >= 0.3 is 5.97 Å². The van der Waals surface area contributed by atoms with E-state index in [-0.39, 0.29) is 39.9 Å². The lowest BCUT2D eigenvalue weighted by molar-refractivity contribution is -0.172. The number of esters is 1. The van der Waals surface area contributed by atoms with Crippen molar-refractivity contribution in [3.05, 3.63) is 11.6 Å². The van der Waals surface area contributed by atoms with Gasteiger partial charge in [0.2, 0.25) is 0 Å².